The van der Waals surface area contributed by atoms with Crippen molar-refractivity contribution in [1.82, 2.24) is 0 Å². The molecule has 14 heavy (non-hydrogen) atoms. The van der Waals surface area contributed by atoms with Gasteiger partial charge in [-0.1, -0.05) is 6.07 Å². The molecular weight excluding hydrogens is 186 g/mol. The molecule has 0 aliphatic carbocycles. The van der Waals surface area contributed by atoms with Gasteiger partial charge in [0.2, 0.25) is 0 Å². The van der Waals surface area contributed by atoms with Gasteiger partial charge in [0.1, 0.15) is 0 Å². The second kappa shape index (κ2) is 4.73. The van der Waals surface area contributed by atoms with E-state index < -0.39 is 17.7 Å². The van der Waals surface area contributed by atoms with Crippen molar-refractivity contribution in [2.45, 2.75) is 18.9 Å². The molecule has 0 aromatic heterocycles. The zero-order chi connectivity index (χ0) is 10.6. The van der Waals surface area contributed by atoms with Crippen molar-refractivity contribution < 1.29 is 13.9 Å². The Morgan fingerprint density at radius 3 is 2.64 bits per heavy atom. The lowest BCUT2D eigenvalue weighted by atomic mass is 10.1. The fourth-order valence-electron chi connectivity index (χ4n) is 1.15. The average Bonchev–Trinajstić information content (AvgIpc) is 2.12. The van der Waals surface area contributed by atoms with Crippen molar-refractivity contribution in [2.75, 3.05) is 0 Å². The van der Waals surface area contributed by atoms with E-state index in [0.717, 1.165) is 12.1 Å². The van der Waals surface area contributed by atoms with Crippen LogP contribution in [0.5, 0.6) is 0 Å². The molecule has 0 bridgehead atoms. The molecular formula is C11H10F2O. The molecule has 74 valence electrons. The number of terminal acetylenes is 1. The number of hydrogen-bond donors (Lipinski definition) is 1. The highest BCUT2D eigenvalue weighted by Crippen LogP contribution is 2.11. The molecule has 0 aliphatic heterocycles. The quantitative estimate of drug-likeness (QED) is 0.732. The van der Waals surface area contributed by atoms with Gasteiger partial charge < -0.3 is 5.11 Å². The second-order valence-electron chi connectivity index (χ2n) is 3.01. The molecule has 1 rings (SSSR count). The standard InChI is InChI=1S/C11H10F2O/c1-2-3-9(14)6-8-4-5-10(12)11(13)7-8/h1,4-5,7,9,14H,3,6H2. The molecule has 1 unspecified atom stereocenters. The van der Waals surface area contributed by atoms with Crippen LogP contribution >= 0.6 is 0 Å². The topological polar surface area (TPSA) is 20.2 Å². The third kappa shape index (κ3) is 2.82. The maximum Gasteiger partial charge on any atom is 0.159 e. The molecule has 1 nitrogen and oxygen atoms in total. The van der Waals surface area contributed by atoms with Gasteiger partial charge in [-0.3, -0.25) is 0 Å². The lowest BCUT2D eigenvalue weighted by Gasteiger charge is -2.06. The van der Waals surface area contributed by atoms with Gasteiger partial charge in [0.25, 0.3) is 0 Å². The highest BCUT2D eigenvalue weighted by Gasteiger charge is 2.07. The molecule has 0 amide bonds. The first-order valence-electron chi connectivity index (χ1n) is 4.19. The molecule has 0 saturated heterocycles. The molecule has 0 aliphatic rings. The van der Waals surface area contributed by atoms with Gasteiger partial charge in [0.05, 0.1) is 6.10 Å². The van der Waals surface area contributed by atoms with E-state index in [1.807, 2.05) is 0 Å². The monoisotopic (exact) mass is 196 g/mol. The van der Waals surface area contributed by atoms with Gasteiger partial charge in [-0.2, -0.15) is 0 Å². The van der Waals surface area contributed by atoms with Crippen LogP contribution in [0.15, 0.2) is 18.2 Å². The van der Waals surface area contributed by atoms with Crippen LogP contribution in [0.3, 0.4) is 0 Å². The lowest BCUT2D eigenvalue weighted by molar-refractivity contribution is 0.180. The van der Waals surface area contributed by atoms with Gasteiger partial charge >= 0.3 is 0 Å². The van der Waals surface area contributed by atoms with E-state index in [0.29, 0.717) is 5.56 Å². The number of aliphatic hydroxyl groups is 1. The van der Waals surface area contributed by atoms with E-state index in [4.69, 9.17) is 6.42 Å². The Morgan fingerprint density at radius 2 is 2.07 bits per heavy atom. The minimum atomic E-state index is -0.907. The average molecular weight is 196 g/mol. The molecule has 1 aromatic rings. The van der Waals surface area contributed by atoms with Crippen molar-refractivity contribution in [3.63, 3.8) is 0 Å². The Balaban J connectivity index is 2.69. The summed E-state index contributed by atoms with van der Waals surface area (Å²) >= 11 is 0. The SMILES string of the molecule is C#CCC(O)Cc1ccc(F)c(F)c1. The van der Waals surface area contributed by atoms with Crippen LogP contribution in [0.1, 0.15) is 12.0 Å². The van der Waals surface area contributed by atoms with E-state index in [2.05, 4.69) is 5.92 Å². The number of hydrogen-bond acceptors (Lipinski definition) is 1. The summed E-state index contributed by atoms with van der Waals surface area (Å²) in [6, 6.07) is 3.53. The predicted octanol–water partition coefficient (Wildman–Crippen LogP) is 1.89. The number of aliphatic hydroxyl groups excluding tert-OH is 1. The zero-order valence-corrected chi connectivity index (χ0v) is 7.50. The maximum atomic E-state index is 12.7. The first kappa shape index (κ1) is 10.7. The highest BCUT2D eigenvalue weighted by molar-refractivity contribution is 5.18. The number of rotatable bonds is 3. The van der Waals surface area contributed by atoms with Crippen LogP contribution < -0.4 is 0 Å². The van der Waals surface area contributed by atoms with Crippen molar-refractivity contribution in [3.05, 3.63) is 35.4 Å². The van der Waals surface area contributed by atoms with Crippen molar-refractivity contribution >= 4 is 0 Å². The summed E-state index contributed by atoms with van der Waals surface area (Å²) in [6.45, 7) is 0. The van der Waals surface area contributed by atoms with Gasteiger partial charge in [0.15, 0.2) is 11.6 Å². The zero-order valence-electron chi connectivity index (χ0n) is 7.50. The molecule has 1 atom stereocenters. The molecule has 1 N–H and O–H groups in total. The minimum absolute atomic E-state index is 0.207. The third-order valence-corrected chi connectivity index (χ3v) is 1.81. The van der Waals surface area contributed by atoms with Crippen LogP contribution in [-0.2, 0) is 6.42 Å². The molecule has 0 heterocycles. The van der Waals surface area contributed by atoms with E-state index in [1.54, 1.807) is 0 Å². The second-order valence-corrected chi connectivity index (χ2v) is 3.01. The van der Waals surface area contributed by atoms with Gasteiger partial charge in [0, 0.05) is 6.42 Å². The van der Waals surface area contributed by atoms with Gasteiger partial charge in [-0.15, -0.1) is 12.3 Å². The predicted molar refractivity (Wildman–Crippen MR) is 49.5 cm³/mol. The van der Waals surface area contributed by atoms with Gasteiger partial charge in [-0.05, 0) is 24.1 Å². The normalized spacial score (nSPS) is 12.1. The summed E-state index contributed by atoms with van der Waals surface area (Å²) < 4.78 is 25.2. The molecule has 0 fully saturated rings. The molecule has 3 heteroatoms. The Kier molecular flexibility index (Phi) is 3.61. The van der Waals surface area contributed by atoms with Gasteiger partial charge in [-0.25, -0.2) is 8.78 Å². The Hall–Kier alpha value is -1.40. The Bertz CT molecular complexity index is 355. The molecule has 1 aromatic carbocycles. The first-order chi connectivity index (χ1) is 6.63. The Morgan fingerprint density at radius 1 is 1.36 bits per heavy atom. The summed E-state index contributed by atoms with van der Waals surface area (Å²) in [4.78, 5) is 0. The summed E-state index contributed by atoms with van der Waals surface area (Å²) in [5.41, 5.74) is 0.534. The fraction of sp³-hybridized carbons (Fsp3) is 0.273. The molecule has 0 radical (unpaired) electrons. The van der Waals surface area contributed by atoms with E-state index >= 15 is 0 Å². The molecule has 0 saturated carbocycles. The largest absolute Gasteiger partial charge is 0.392 e. The Labute approximate surface area is 81.4 Å². The summed E-state index contributed by atoms with van der Waals surface area (Å²) in [5, 5.41) is 9.30. The number of halogens is 2. The summed E-state index contributed by atoms with van der Waals surface area (Å²) in [5.74, 6) is 0.500. The summed E-state index contributed by atoms with van der Waals surface area (Å²) in [7, 11) is 0. The number of benzene rings is 1. The highest BCUT2D eigenvalue weighted by atomic mass is 19.2. The van der Waals surface area contributed by atoms with E-state index in [-0.39, 0.29) is 12.8 Å². The van der Waals surface area contributed by atoms with E-state index in [9.17, 15) is 13.9 Å². The van der Waals surface area contributed by atoms with Crippen LogP contribution in [-0.4, -0.2) is 11.2 Å². The van der Waals surface area contributed by atoms with Crippen LogP contribution in [0.4, 0.5) is 8.78 Å². The smallest absolute Gasteiger partial charge is 0.159 e. The van der Waals surface area contributed by atoms with Crippen molar-refractivity contribution in [1.29, 1.82) is 0 Å². The molecule has 0 spiro atoms. The first-order valence-corrected chi connectivity index (χ1v) is 4.19. The van der Waals surface area contributed by atoms with Crippen LogP contribution in [0, 0.1) is 24.0 Å². The summed E-state index contributed by atoms with van der Waals surface area (Å²) in [6.07, 6.45) is 4.73. The van der Waals surface area contributed by atoms with Crippen molar-refractivity contribution in [3.8, 4) is 12.3 Å². The third-order valence-electron chi connectivity index (χ3n) is 1.81. The maximum absolute atomic E-state index is 12.7. The minimum Gasteiger partial charge on any atom is -0.392 e. The van der Waals surface area contributed by atoms with Crippen molar-refractivity contribution in [2.24, 2.45) is 0 Å². The van der Waals surface area contributed by atoms with E-state index in [1.165, 1.54) is 6.07 Å². The van der Waals surface area contributed by atoms with Crippen LogP contribution in [0.2, 0.25) is 0 Å². The van der Waals surface area contributed by atoms with Crippen LogP contribution in [0.25, 0.3) is 0 Å². The fourth-order valence-corrected chi connectivity index (χ4v) is 1.15. The lowest BCUT2D eigenvalue weighted by Crippen LogP contribution is -2.09.